The SMILES string of the molecule is Cc1ccc(C(=O)NC2CCC(CCN3CCN(c4cccc5sccc45)CC3)CC2)o1. The summed E-state index contributed by atoms with van der Waals surface area (Å²) in [4.78, 5) is 17.5. The fraction of sp³-hybridized carbons (Fsp3) is 0.500. The van der Waals surface area contributed by atoms with Gasteiger partial charge in [0, 0.05) is 48.0 Å². The van der Waals surface area contributed by atoms with Crippen molar-refractivity contribution in [2.75, 3.05) is 37.6 Å². The van der Waals surface area contributed by atoms with Gasteiger partial charge in [0.25, 0.3) is 5.91 Å². The predicted octanol–water partition coefficient (Wildman–Crippen LogP) is 5.30. The Kier molecular flexibility index (Phi) is 6.51. The number of piperazine rings is 1. The molecule has 0 bridgehead atoms. The van der Waals surface area contributed by atoms with E-state index in [0.717, 1.165) is 50.7 Å². The van der Waals surface area contributed by atoms with Crippen LogP contribution in [0.5, 0.6) is 0 Å². The van der Waals surface area contributed by atoms with E-state index in [1.165, 1.54) is 41.6 Å². The molecule has 5 nitrogen and oxygen atoms in total. The van der Waals surface area contributed by atoms with Crippen molar-refractivity contribution in [1.29, 1.82) is 0 Å². The number of nitrogens with zero attached hydrogens (tertiary/aromatic N) is 2. The molecule has 32 heavy (non-hydrogen) atoms. The number of fused-ring (bicyclic) bond motifs is 1. The predicted molar refractivity (Wildman–Crippen MR) is 132 cm³/mol. The second kappa shape index (κ2) is 9.67. The molecule has 1 saturated heterocycles. The number of carbonyl (C=O) groups is 1. The molecular formula is C26H33N3O2S. The van der Waals surface area contributed by atoms with Gasteiger partial charge in [0.2, 0.25) is 0 Å². The highest BCUT2D eigenvalue weighted by molar-refractivity contribution is 7.17. The smallest absolute Gasteiger partial charge is 0.287 e. The third-order valence-corrected chi connectivity index (χ3v) is 8.07. The summed E-state index contributed by atoms with van der Waals surface area (Å²) in [5.41, 5.74) is 1.40. The Hall–Kier alpha value is -2.31. The Balaban J connectivity index is 1.03. The number of thiophene rings is 1. The van der Waals surface area contributed by atoms with Gasteiger partial charge in [0.05, 0.1) is 0 Å². The van der Waals surface area contributed by atoms with Gasteiger partial charge in [0.1, 0.15) is 5.76 Å². The summed E-state index contributed by atoms with van der Waals surface area (Å²) in [5, 5.41) is 6.75. The van der Waals surface area contributed by atoms with Gasteiger partial charge in [-0.25, -0.2) is 0 Å². The van der Waals surface area contributed by atoms with Crippen LogP contribution >= 0.6 is 11.3 Å². The lowest BCUT2D eigenvalue weighted by molar-refractivity contribution is 0.0890. The molecule has 1 aromatic carbocycles. The van der Waals surface area contributed by atoms with Crippen LogP contribution in [0.15, 0.2) is 46.2 Å². The minimum atomic E-state index is -0.0717. The van der Waals surface area contributed by atoms with Crippen molar-refractivity contribution in [3.8, 4) is 0 Å². The molecule has 2 aliphatic rings. The van der Waals surface area contributed by atoms with Gasteiger partial charge in [-0.2, -0.15) is 0 Å². The topological polar surface area (TPSA) is 48.7 Å². The van der Waals surface area contributed by atoms with E-state index in [-0.39, 0.29) is 11.9 Å². The summed E-state index contributed by atoms with van der Waals surface area (Å²) < 4.78 is 6.83. The fourth-order valence-corrected chi connectivity index (χ4v) is 6.05. The molecule has 2 fully saturated rings. The van der Waals surface area contributed by atoms with Gasteiger partial charge in [0.15, 0.2) is 5.76 Å². The summed E-state index contributed by atoms with van der Waals surface area (Å²) in [6.45, 7) is 7.58. The van der Waals surface area contributed by atoms with E-state index in [4.69, 9.17) is 4.42 Å². The first kappa shape index (κ1) is 21.5. The lowest BCUT2D eigenvalue weighted by Crippen LogP contribution is -2.47. The summed E-state index contributed by atoms with van der Waals surface area (Å²) >= 11 is 1.83. The molecule has 0 radical (unpaired) electrons. The Morgan fingerprint density at radius 1 is 1.06 bits per heavy atom. The van der Waals surface area contributed by atoms with Crippen molar-refractivity contribution in [2.24, 2.45) is 5.92 Å². The largest absolute Gasteiger partial charge is 0.456 e. The molecule has 0 unspecified atom stereocenters. The van der Waals surface area contributed by atoms with Crippen LogP contribution in [0, 0.1) is 12.8 Å². The van der Waals surface area contributed by atoms with Crippen LogP contribution in [0.2, 0.25) is 0 Å². The van der Waals surface area contributed by atoms with Crippen molar-refractivity contribution in [1.82, 2.24) is 10.2 Å². The highest BCUT2D eigenvalue weighted by atomic mass is 32.1. The molecule has 0 atom stereocenters. The Labute approximate surface area is 194 Å². The number of aryl methyl sites for hydroxylation is 1. The van der Waals surface area contributed by atoms with Crippen molar-refractivity contribution in [3.05, 3.63) is 53.3 Å². The first-order chi connectivity index (χ1) is 15.7. The highest BCUT2D eigenvalue weighted by Gasteiger charge is 2.25. The van der Waals surface area contributed by atoms with Crippen molar-refractivity contribution in [3.63, 3.8) is 0 Å². The normalized spacial score (nSPS) is 22.3. The number of rotatable bonds is 6. The number of nitrogens with one attached hydrogen (secondary N) is 1. The number of furan rings is 1. The van der Waals surface area contributed by atoms with E-state index in [0.29, 0.717) is 5.76 Å². The Bertz CT molecular complexity index is 1040. The standard InChI is InChI=1S/C26H33N3O2S/c1-19-5-10-24(31-19)26(30)27-21-8-6-20(7-9-21)11-13-28-14-16-29(17-15-28)23-3-2-4-25-22(23)12-18-32-25/h2-5,10,12,18,20-21H,6-9,11,13-17H2,1H3,(H,27,30). The molecule has 1 amide bonds. The second-order valence-electron chi connectivity index (χ2n) is 9.33. The Morgan fingerprint density at radius 2 is 1.88 bits per heavy atom. The zero-order valence-corrected chi connectivity index (χ0v) is 19.7. The van der Waals surface area contributed by atoms with E-state index < -0.39 is 0 Å². The minimum absolute atomic E-state index is 0.0717. The molecule has 5 rings (SSSR count). The third kappa shape index (κ3) is 4.86. The molecule has 1 aliphatic heterocycles. The van der Waals surface area contributed by atoms with E-state index in [1.807, 2.05) is 24.3 Å². The van der Waals surface area contributed by atoms with Crippen molar-refractivity contribution in [2.45, 2.75) is 45.1 Å². The van der Waals surface area contributed by atoms with Gasteiger partial charge < -0.3 is 14.6 Å². The quantitative estimate of drug-likeness (QED) is 0.552. The zero-order valence-electron chi connectivity index (χ0n) is 18.9. The molecule has 6 heteroatoms. The molecule has 2 aromatic heterocycles. The molecule has 170 valence electrons. The van der Waals surface area contributed by atoms with Gasteiger partial charge >= 0.3 is 0 Å². The second-order valence-corrected chi connectivity index (χ2v) is 10.3. The lowest BCUT2D eigenvalue weighted by atomic mass is 9.84. The van der Waals surface area contributed by atoms with Crippen LogP contribution in [0.25, 0.3) is 10.1 Å². The first-order valence-corrected chi connectivity index (χ1v) is 12.8. The molecule has 1 aliphatic carbocycles. The first-order valence-electron chi connectivity index (χ1n) is 12.0. The average Bonchev–Trinajstić information content (AvgIpc) is 3.48. The molecule has 3 aromatic rings. The van der Waals surface area contributed by atoms with Crippen LogP contribution in [0.4, 0.5) is 5.69 Å². The highest BCUT2D eigenvalue weighted by Crippen LogP contribution is 2.31. The fourth-order valence-electron chi connectivity index (χ4n) is 5.24. The monoisotopic (exact) mass is 451 g/mol. The van der Waals surface area contributed by atoms with E-state index in [9.17, 15) is 4.79 Å². The van der Waals surface area contributed by atoms with E-state index in [2.05, 4.69) is 44.8 Å². The number of hydrogen-bond acceptors (Lipinski definition) is 5. The molecule has 1 N–H and O–H groups in total. The number of benzene rings is 1. The third-order valence-electron chi connectivity index (χ3n) is 7.19. The maximum absolute atomic E-state index is 12.3. The maximum Gasteiger partial charge on any atom is 0.287 e. The molecule has 1 saturated carbocycles. The van der Waals surface area contributed by atoms with E-state index >= 15 is 0 Å². The zero-order chi connectivity index (χ0) is 21.9. The van der Waals surface area contributed by atoms with Crippen LogP contribution < -0.4 is 10.2 Å². The minimum Gasteiger partial charge on any atom is -0.456 e. The summed E-state index contributed by atoms with van der Waals surface area (Å²) in [6, 6.07) is 12.8. The average molecular weight is 452 g/mol. The summed E-state index contributed by atoms with van der Waals surface area (Å²) in [6.07, 6.45) is 5.85. The number of anilines is 1. The van der Waals surface area contributed by atoms with Crippen LogP contribution in [-0.2, 0) is 0 Å². The van der Waals surface area contributed by atoms with Crippen molar-refractivity contribution < 1.29 is 9.21 Å². The number of hydrogen-bond donors (Lipinski definition) is 1. The van der Waals surface area contributed by atoms with Crippen LogP contribution in [0.1, 0.15) is 48.4 Å². The lowest BCUT2D eigenvalue weighted by Gasteiger charge is -2.37. The van der Waals surface area contributed by atoms with E-state index in [1.54, 1.807) is 6.07 Å². The van der Waals surface area contributed by atoms with Gasteiger partial charge in [-0.05, 0) is 87.2 Å². The van der Waals surface area contributed by atoms with Crippen LogP contribution in [0.3, 0.4) is 0 Å². The van der Waals surface area contributed by atoms with Gasteiger partial charge in [-0.1, -0.05) is 6.07 Å². The molecule has 3 heterocycles. The number of carbonyl (C=O) groups excluding carboxylic acids is 1. The maximum atomic E-state index is 12.3. The van der Waals surface area contributed by atoms with Crippen molar-refractivity contribution >= 4 is 33.0 Å². The Morgan fingerprint density at radius 3 is 2.62 bits per heavy atom. The number of amides is 1. The van der Waals surface area contributed by atoms with Gasteiger partial charge in [-0.3, -0.25) is 9.69 Å². The molecular weight excluding hydrogens is 418 g/mol. The summed E-state index contributed by atoms with van der Waals surface area (Å²) in [7, 11) is 0. The van der Waals surface area contributed by atoms with Gasteiger partial charge in [-0.15, -0.1) is 11.3 Å². The van der Waals surface area contributed by atoms with Crippen LogP contribution in [-0.4, -0.2) is 49.6 Å². The summed E-state index contributed by atoms with van der Waals surface area (Å²) in [5.74, 6) is 1.92. The molecule has 0 spiro atoms.